The molecule has 0 aromatic carbocycles. The van der Waals surface area contributed by atoms with E-state index in [1.165, 1.54) is 38.5 Å². The molecule has 144 valence electrons. The number of nitrogens with one attached hydrogen (secondary N) is 1. The van der Waals surface area contributed by atoms with Gasteiger partial charge in [0.15, 0.2) is 5.82 Å². The zero-order valence-electron chi connectivity index (χ0n) is 16.7. The van der Waals surface area contributed by atoms with E-state index in [1.807, 2.05) is 12.4 Å². The standard InChI is InChI=1S/C20H38N4O/c1-5-9-11-17(7-3)15-23-13-14-24(20(23)19(25)22-21)16-18(8-4)12-10-6-2/h13-14,17-18,21,25H,5-12,15-16H2,1-4H3. The van der Waals surface area contributed by atoms with Crippen molar-refractivity contribution in [2.75, 3.05) is 13.1 Å². The van der Waals surface area contributed by atoms with Crippen LogP contribution in [-0.4, -0.2) is 28.0 Å². The minimum absolute atomic E-state index is 0.180. The van der Waals surface area contributed by atoms with Gasteiger partial charge in [0.2, 0.25) is 0 Å². The summed E-state index contributed by atoms with van der Waals surface area (Å²) in [4.78, 5) is 4.17. The first-order valence-corrected chi connectivity index (χ1v) is 10.1. The predicted molar refractivity (Wildman–Crippen MR) is 104 cm³/mol. The molecule has 1 heterocycles. The van der Waals surface area contributed by atoms with E-state index in [1.54, 1.807) is 0 Å². The second-order valence-corrected chi connectivity index (χ2v) is 7.19. The molecular formula is C20H38N4O. The van der Waals surface area contributed by atoms with E-state index in [4.69, 9.17) is 5.53 Å². The Kier molecular flexibility index (Phi) is 10.3. The first-order chi connectivity index (χ1) is 12.1. The van der Waals surface area contributed by atoms with Crippen molar-refractivity contribution in [1.29, 1.82) is 5.53 Å². The molecule has 0 spiro atoms. The number of aliphatic hydroxyl groups excluding tert-OH is 1. The molecule has 1 aliphatic heterocycles. The summed E-state index contributed by atoms with van der Waals surface area (Å²) in [5.41, 5.74) is 7.27. The third-order valence-corrected chi connectivity index (χ3v) is 5.27. The molecule has 1 rings (SSSR count). The van der Waals surface area contributed by atoms with Gasteiger partial charge in [0.1, 0.15) is 0 Å². The van der Waals surface area contributed by atoms with E-state index in [2.05, 4.69) is 42.6 Å². The van der Waals surface area contributed by atoms with Gasteiger partial charge in [-0.2, -0.15) is 0 Å². The van der Waals surface area contributed by atoms with Crippen LogP contribution in [0.2, 0.25) is 0 Å². The van der Waals surface area contributed by atoms with E-state index in [0.29, 0.717) is 17.7 Å². The Morgan fingerprint density at radius 1 is 0.960 bits per heavy atom. The molecule has 0 radical (unpaired) electrons. The molecule has 5 nitrogen and oxygen atoms in total. The summed E-state index contributed by atoms with van der Waals surface area (Å²) in [7, 11) is 0. The smallest absolute Gasteiger partial charge is 0.272 e. The minimum Gasteiger partial charge on any atom is -0.490 e. The molecule has 0 saturated heterocycles. The van der Waals surface area contributed by atoms with Gasteiger partial charge in [0.05, 0.1) is 0 Å². The first kappa shape index (κ1) is 21.5. The van der Waals surface area contributed by atoms with Crippen molar-refractivity contribution in [2.45, 2.75) is 79.1 Å². The Hall–Kier alpha value is -1.52. The molecule has 25 heavy (non-hydrogen) atoms. The van der Waals surface area contributed by atoms with Gasteiger partial charge in [-0.25, -0.2) is 5.53 Å². The largest absolute Gasteiger partial charge is 0.490 e. The van der Waals surface area contributed by atoms with Crippen molar-refractivity contribution in [3.05, 3.63) is 24.1 Å². The van der Waals surface area contributed by atoms with Crippen LogP contribution < -0.4 is 0 Å². The Labute approximate surface area is 154 Å². The van der Waals surface area contributed by atoms with Gasteiger partial charge >= 0.3 is 0 Å². The summed E-state index contributed by atoms with van der Waals surface area (Å²) in [5.74, 6) is 1.70. The maximum Gasteiger partial charge on any atom is 0.272 e. The van der Waals surface area contributed by atoms with Crippen LogP contribution in [-0.2, 0) is 0 Å². The average molecular weight is 351 g/mol. The van der Waals surface area contributed by atoms with Crippen molar-refractivity contribution < 1.29 is 5.11 Å². The van der Waals surface area contributed by atoms with E-state index < -0.39 is 0 Å². The molecule has 2 atom stereocenters. The number of unbranched alkanes of at least 4 members (excludes halogenated alkanes) is 2. The number of hydrogen-bond donors (Lipinski definition) is 2. The maximum absolute atomic E-state index is 10.2. The molecule has 0 saturated carbocycles. The van der Waals surface area contributed by atoms with Crippen LogP contribution in [0.25, 0.3) is 0 Å². The monoisotopic (exact) mass is 350 g/mol. The van der Waals surface area contributed by atoms with Gasteiger partial charge in [0.25, 0.3) is 5.88 Å². The van der Waals surface area contributed by atoms with Gasteiger partial charge in [-0.05, 0) is 24.7 Å². The van der Waals surface area contributed by atoms with Crippen molar-refractivity contribution in [3.8, 4) is 0 Å². The fourth-order valence-corrected chi connectivity index (χ4v) is 3.46. The topological polar surface area (TPSA) is 62.9 Å². The summed E-state index contributed by atoms with van der Waals surface area (Å²) in [6.07, 6.45) is 13.7. The summed E-state index contributed by atoms with van der Waals surface area (Å²) < 4.78 is 0. The Balaban J connectivity index is 2.82. The molecule has 5 heteroatoms. The van der Waals surface area contributed by atoms with Crippen LogP contribution in [0.15, 0.2) is 29.2 Å². The highest BCUT2D eigenvalue weighted by Gasteiger charge is 2.27. The van der Waals surface area contributed by atoms with Gasteiger partial charge < -0.3 is 14.9 Å². The van der Waals surface area contributed by atoms with E-state index >= 15 is 0 Å². The van der Waals surface area contributed by atoms with Crippen LogP contribution in [0, 0.1) is 17.4 Å². The summed E-state index contributed by atoms with van der Waals surface area (Å²) in [6.45, 7) is 10.7. The molecule has 2 unspecified atom stereocenters. The lowest BCUT2D eigenvalue weighted by molar-refractivity contribution is 0.237. The second-order valence-electron chi connectivity index (χ2n) is 7.19. The van der Waals surface area contributed by atoms with Gasteiger partial charge in [-0.15, -0.1) is 5.11 Å². The quantitative estimate of drug-likeness (QED) is 0.306. The average Bonchev–Trinajstić information content (AvgIpc) is 3.03. The number of nitrogens with zero attached hydrogens (tertiary/aromatic N) is 3. The highest BCUT2D eigenvalue weighted by molar-refractivity contribution is 5.17. The lowest BCUT2D eigenvalue weighted by Crippen LogP contribution is -2.31. The Bertz CT molecular complexity index is 417. The van der Waals surface area contributed by atoms with Crippen molar-refractivity contribution in [1.82, 2.24) is 9.80 Å². The minimum atomic E-state index is -0.180. The molecule has 0 amide bonds. The van der Waals surface area contributed by atoms with Crippen LogP contribution >= 0.6 is 0 Å². The number of aliphatic hydroxyl groups is 1. The maximum atomic E-state index is 10.2. The van der Waals surface area contributed by atoms with Crippen molar-refractivity contribution >= 4 is 0 Å². The molecule has 0 bridgehead atoms. The van der Waals surface area contributed by atoms with Gasteiger partial charge in [-0.1, -0.05) is 66.2 Å². The summed E-state index contributed by atoms with van der Waals surface area (Å²) >= 11 is 0. The number of hydrogen-bond acceptors (Lipinski definition) is 5. The molecule has 0 aromatic heterocycles. The van der Waals surface area contributed by atoms with Crippen molar-refractivity contribution in [2.24, 2.45) is 17.0 Å². The zero-order chi connectivity index (χ0) is 18.7. The highest BCUT2D eigenvalue weighted by Crippen LogP contribution is 2.28. The third kappa shape index (κ3) is 6.71. The molecule has 1 aliphatic rings. The highest BCUT2D eigenvalue weighted by atomic mass is 16.3. The molecule has 0 aliphatic carbocycles. The lowest BCUT2D eigenvalue weighted by atomic mass is 9.98. The van der Waals surface area contributed by atoms with E-state index in [0.717, 1.165) is 25.9 Å². The molecule has 0 aromatic rings. The first-order valence-electron chi connectivity index (χ1n) is 10.1. The van der Waals surface area contributed by atoms with Crippen LogP contribution in [0.5, 0.6) is 0 Å². The molecule has 0 fully saturated rings. The van der Waals surface area contributed by atoms with Gasteiger partial charge in [-0.3, -0.25) is 0 Å². The molecule has 2 N–H and O–H groups in total. The van der Waals surface area contributed by atoms with Crippen LogP contribution in [0.1, 0.15) is 79.1 Å². The number of rotatable bonds is 13. The fraction of sp³-hybridized carbons (Fsp3) is 0.800. The van der Waals surface area contributed by atoms with Crippen LogP contribution in [0.3, 0.4) is 0 Å². The molecular weight excluding hydrogens is 312 g/mol. The normalized spacial score (nSPS) is 16.4. The van der Waals surface area contributed by atoms with Crippen molar-refractivity contribution in [3.63, 3.8) is 0 Å². The van der Waals surface area contributed by atoms with Gasteiger partial charge in [0, 0.05) is 25.5 Å². The Morgan fingerprint density at radius 2 is 1.40 bits per heavy atom. The summed E-state index contributed by atoms with van der Waals surface area (Å²) in [5, 5.41) is 13.5. The van der Waals surface area contributed by atoms with Crippen LogP contribution in [0.4, 0.5) is 0 Å². The SMILES string of the molecule is CCCCC(CC)CN1C=CN(CC(CC)CCCC)C1=C(O)N=N. The third-order valence-electron chi connectivity index (χ3n) is 5.27. The zero-order valence-corrected chi connectivity index (χ0v) is 16.7. The predicted octanol–water partition coefficient (Wildman–Crippen LogP) is 6.22. The van der Waals surface area contributed by atoms with E-state index in [9.17, 15) is 5.11 Å². The summed E-state index contributed by atoms with van der Waals surface area (Å²) in [6, 6.07) is 0. The second kappa shape index (κ2) is 11.9. The van der Waals surface area contributed by atoms with E-state index in [-0.39, 0.29) is 5.88 Å². The fourth-order valence-electron chi connectivity index (χ4n) is 3.46. The Morgan fingerprint density at radius 3 is 1.72 bits per heavy atom. The lowest BCUT2D eigenvalue weighted by Gasteiger charge is -2.29.